The molecular formula is C21H21ClN2O3. The third-order valence-corrected chi connectivity index (χ3v) is 5.55. The van der Waals surface area contributed by atoms with E-state index in [-0.39, 0.29) is 30.2 Å². The van der Waals surface area contributed by atoms with Crippen molar-refractivity contribution in [1.29, 1.82) is 0 Å². The molecule has 2 aromatic rings. The van der Waals surface area contributed by atoms with Gasteiger partial charge < -0.3 is 15.0 Å². The quantitative estimate of drug-likeness (QED) is 0.879. The predicted molar refractivity (Wildman–Crippen MR) is 102 cm³/mol. The molecule has 2 heterocycles. The number of benzene rings is 2. The SMILES string of the molecule is O=C(N[C@H]1CCOc2ccccc21)[C@@H]1CC(=O)N(Cc2ccccc2Cl)C1. The predicted octanol–water partition coefficient (Wildman–Crippen LogP) is 3.33. The molecule has 0 aliphatic carbocycles. The first-order chi connectivity index (χ1) is 13.1. The number of nitrogens with one attached hydrogen (secondary N) is 1. The van der Waals surface area contributed by atoms with E-state index >= 15 is 0 Å². The van der Waals surface area contributed by atoms with Crippen LogP contribution in [0.4, 0.5) is 0 Å². The van der Waals surface area contributed by atoms with Crippen molar-refractivity contribution < 1.29 is 14.3 Å². The Bertz CT molecular complexity index is 870. The van der Waals surface area contributed by atoms with Gasteiger partial charge in [-0.1, -0.05) is 48.0 Å². The number of halogens is 1. The molecule has 0 aromatic heterocycles. The molecule has 1 N–H and O–H groups in total. The number of fused-ring (bicyclic) bond motifs is 1. The van der Waals surface area contributed by atoms with E-state index in [1.165, 1.54) is 0 Å². The van der Waals surface area contributed by atoms with Crippen LogP contribution < -0.4 is 10.1 Å². The standard InChI is InChI=1S/C21H21ClN2O3/c22-17-7-3-1-5-14(17)12-24-13-15(11-20(24)25)21(26)23-18-9-10-27-19-8-4-2-6-16(18)19/h1-8,15,18H,9-13H2,(H,23,26)/t15-,18+/m1/s1. The van der Waals surface area contributed by atoms with Crippen LogP contribution in [-0.4, -0.2) is 29.9 Å². The van der Waals surface area contributed by atoms with Crippen LogP contribution in [0, 0.1) is 5.92 Å². The summed E-state index contributed by atoms with van der Waals surface area (Å²) >= 11 is 6.20. The molecular weight excluding hydrogens is 364 g/mol. The Hall–Kier alpha value is -2.53. The normalized spacial score (nSPS) is 21.5. The summed E-state index contributed by atoms with van der Waals surface area (Å²) in [4.78, 5) is 26.9. The van der Waals surface area contributed by atoms with Gasteiger partial charge in [-0.2, -0.15) is 0 Å². The number of hydrogen-bond donors (Lipinski definition) is 1. The van der Waals surface area contributed by atoms with E-state index in [0.717, 1.165) is 23.3 Å². The van der Waals surface area contributed by atoms with E-state index in [9.17, 15) is 9.59 Å². The van der Waals surface area contributed by atoms with Gasteiger partial charge in [-0.15, -0.1) is 0 Å². The van der Waals surface area contributed by atoms with Gasteiger partial charge in [-0.25, -0.2) is 0 Å². The molecule has 0 saturated carbocycles. The van der Waals surface area contributed by atoms with Gasteiger partial charge in [-0.3, -0.25) is 9.59 Å². The zero-order valence-electron chi connectivity index (χ0n) is 14.9. The van der Waals surface area contributed by atoms with Gasteiger partial charge in [0, 0.05) is 36.5 Å². The molecule has 4 rings (SSSR count). The van der Waals surface area contributed by atoms with Gasteiger partial charge in [0.15, 0.2) is 0 Å². The number of likely N-dealkylation sites (tertiary alicyclic amines) is 1. The van der Waals surface area contributed by atoms with Crippen LogP contribution >= 0.6 is 11.6 Å². The summed E-state index contributed by atoms with van der Waals surface area (Å²) in [6.07, 6.45) is 0.966. The average molecular weight is 385 g/mol. The summed E-state index contributed by atoms with van der Waals surface area (Å²) in [6.45, 7) is 1.42. The van der Waals surface area contributed by atoms with E-state index in [1.807, 2.05) is 48.5 Å². The number of rotatable bonds is 4. The lowest BCUT2D eigenvalue weighted by molar-refractivity contribution is -0.129. The monoisotopic (exact) mass is 384 g/mol. The fraction of sp³-hybridized carbons (Fsp3) is 0.333. The first-order valence-electron chi connectivity index (χ1n) is 9.15. The number of ether oxygens (including phenoxy) is 1. The van der Waals surface area contributed by atoms with E-state index in [4.69, 9.17) is 16.3 Å². The number of para-hydroxylation sites is 1. The van der Waals surface area contributed by atoms with Crippen LogP contribution in [0.2, 0.25) is 5.02 Å². The summed E-state index contributed by atoms with van der Waals surface area (Å²) in [5.41, 5.74) is 1.89. The molecule has 2 aliphatic rings. The highest BCUT2D eigenvalue weighted by Gasteiger charge is 2.36. The molecule has 27 heavy (non-hydrogen) atoms. The lowest BCUT2D eigenvalue weighted by Crippen LogP contribution is -2.37. The number of carbonyl (C=O) groups is 2. The van der Waals surface area contributed by atoms with Crippen molar-refractivity contribution >= 4 is 23.4 Å². The Kier molecular flexibility index (Phi) is 5.03. The molecule has 2 amide bonds. The Morgan fingerprint density at radius 3 is 2.81 bits per heavy atom. The van der Waals surface area contributed by atoms with Crippen molar-refractivity contribution in [2.45, 2.75) is 25.4 Å². The Labute approximate surface area is 163 Å². The van der Waals surface area contributed by atoms with Crippen molar-refractivity contribution in [1.82, 2.24) is 10.2 Å². The largest absolute Gasteiger partial charge is 0.493 e. The number of amides is 2. The zero-order chi connectivity index (χ0) is 18.8. The highest BCUT2D eigenvalue weighted by Crippen LogP contribution is 2.32. The minimum Gasteiger partial charge on any atom is -0.493 e. The second-order valence-corrected chi connectivity index (χ2v) is 7.41. The topological polar surface area (TPSA) is 58.6 Å². The molecule has 6 heteroatoms. The van der Waals surface area contributed by atoms with Gasteiger partial charge in [-0.05, 0) is 17.7 Å². The number of nitrogens with zero attached hydrogens (tertiary/aromatic N) is 1. The molecule has 2 aromatic carbocycles. The fourth-order valence-electron chi connectivity index (χ4n) is 3.71. The van der Waals surface area contributed by atoms with E-state index < -0.39 is 0 Å². The molecule has 0 radical (unpaired) electrons. The van der Waals surface area contributed by atoms with Gasteiger partial charge in [0.25, 0.3) is 0 Å². The minimum absolute atomic E-state index is 0.0116. The van der Waals surface area contributed by atoms with Crippen molar-refractivity contribution in [3.8, 4) is 5.75 Å². The maximum atomic E-state index is 12.8. The highest BCUT2D eigenvalue weighted by molar-refractivity contribution is 6.31. The maximum absolute atomic E-state index is 12.8. The molecule has 5 nitrogen and oxygen atoms in total. The van der Waals surface area contributed by atoms with Crippen LogP contribution in [0.1, 0.15) is 30.0 Å². The molecule has 2 atom stereocenters. The lowest BCUT2D eigenvalue weighted by Gasteiger charge is -2.27. The second-order valence-electron chi connectivity index (χ2n) is 7.00. The molecule has 1 fully saturated rings. The summed E-state index contributed by atoms with van der Waals surface area (Å²) in [5.74, 6) is 0.390. The Morgan fingerprint density at radius 1 is 1.19 bits per heavy atom. The smallest absolute Gasteiger partial charge is 0.225 e. The van der Waals surface area contributed by atoms with Crippen LogP contribution in [0.15, 0.2) is 48.5 Å². The number of carbonyl (C=O) groups excluding carboxylic acids is 2. The van der Waals surface area contributed by atoms with Crippen molar-refractivity contribution in [3.63, 3.8) is 0 Å². The van der Waals surface area contributed by atoms with Crippen molar-refractivity contribution in [2.75, 3.05) is 13.2 Å². The lowest BCUT2D eigenvalue weighted by atomic mass is 9.99. The third-order valence-electron chi connectivity index (χ3n) is 5.18. The van der Waals surface area contributed by atoms with Gasteiger partial charge in [0.1, 0.15) is 5.75 Å². The average Bonchev–Trinajstić information content (AvgIpc) is 3.05. The summed E-state index contributed by atoms with van der Waals surface area (Å²) in [7, 11) is 0. The maximum Gasteiger partial charge on any atom is 0.225 e. The minimum atomic E-state index is -0.338. The van der Waals surface area contributed by atoms with E-state index in [0.29, 0.717) is 24.7 Å². The molecule has 0 unspecified atom stereocenters. The van der Waals surface area contributed by atoms with Gasteiger partial charge >= 0.3 is 0 Å². The van der Waals surface area contributed by atoms with Crippen molar-refractivity contribution in [2.24, 2.45) is 5.92 Å². The Balaban J connectivity index is 1.41. The highest BCUT2D eigenvalue weighted by atomic mass is 35.5. The number of hydrogen-bond acceptors (Lipinski definition) is 3. The molecule has 0 spiro atoms. The van der Waals surface area contributed by atoms with Crippen LogP contribution in [-0.2, 0) is 16.1 Å². The molecule has 1 saturated heterocycles. The molecule has 2 aliphatic heterocycles. The van der Waals surface area contributed by atoms with Crippen LogP contribution in [0.25, 0.3) is 0 Å². The zero-order valence-corrected chi connectivity index (χ0v) is 15.6. The van der Waals surface area contributed by atoms with Crippen LogP contribution in [0.5, 0.6) is 5.75 Å². The van der Waals surface area contributed by atoms with E-state index in [1.54, 1.807) is 4.90 Å². The van der Waals surface area contributed by atoms with Crippen LogP contribution in [0.3, 0.4) is 0 Å². The Morgan fingerprint density at radius 2 is 1.96 bits per heavy atom. The summed E-state index contributed by atoms with van der Waals surface area (Å²) < 4.78 is 5.65. The summed E-state index contributed by atoms with van der Waals surface area (Å²) in [5, 5.41) is 3.75. The molecule has 140 valence electrons. The molecule has 0 bridgehead atoms. The first kappa shape index (κ1) is 17.9. The first-order valence-corrected chi connectivity index (χ1v) is 9.53. The van der Waals surface area contributed by atoms with Gasteiger partial charge in [0.2, 0.25) is 11.8 Å². The second kappa shape index (κ2) is 7.61. The third kappa shape index (κ3) is 3.78. The summed E-state index contributed by atoms with van der Waals surface area (Å²) in [6, 6.07) is 15.2. The van der Waals surface area contributed by atoms with Crippen molar-refractivity contribution in [3.05, 3.63) is 64.7 Å². The fourth-order valence-corrected chi connectivity index (χ4v) is 3.91. The van der Waals surface area contributed by atoms with Gasteiger partial charge in [0.05, 0.1) is 18.6 Å². The van der Waals surface area contributed by atoms with E-state index in [2.05, 4.69) is 5.32 Å².